The maximum atomic E-state index is 2.62. The largest absolute Gasteiger partial charge is 0.290 e. The van der Waals surface area contributed by atoms with E-state index in [1.165, 1.54) is 18.5 Å². The van der Waals surface area contributed by atoms with Crippen LogP contribution in [0.4, 0.5) is 0 Å². The molecule has 0 bridgehead atoms. The lowest BCUT2D eigenvalue weighted by molar-refractivity contribution is 0.134. The fourth-order valence-corrected chi connectivity index (χ4v) is 2.70. The number of hydrogen-bond donors (Lipinski definition) is 0. The Kier molecular flexibility index (Phi) is 4.01. The molecule has 0 radical (unpaired) electrons. The molecule has 1 aliphatic rings. The highest BCUT2D eigenvalue weighted by Crippen LogP contribution is 2.28. The molecule has 0 N–H and O–H groups in total. The zero-order valence-electron chi connectivity index (χ0n) is 11.1. The molecule has 0 unspecified atom stereocenters. The zero-order chi connectivity index (χ0) is 12.3. The SMILES string of the molecule is CC(C)[C@@H]1C=CCCN1[C@@H](C)c1ccccc1. The Morgan fingerprint density at radius 3 is 2.47 bits per heavy atom. The molecular formula is C16H23N. The van der Waals surface area contributed by atoms with Gasteiger partial charge in [-0.05, 0) is 24.8 Å². The highest BCUT2D eigenvalue weighted by Gasteiger charge is 2.26. The first-order valence-electron chi connectivity index (χ1n) is 6.67. The van der Waals surface area contributed by atoms with E-state index in [9.17, 15) is 0 Å². The van der Waals surface area contributed by atoms with E-state index in [0.29, 0.717) is 18.0 Å². The summed E-state index contributed by atoms with van der Waals surface area (Å²) in [6, 6.07) is 11.9. The van der Waals surface area contributed by atoms with Gasteiger partial charge in [0.25, 0.3) is 0 Å². The number of benzene rings is 1. The minimum Gasteiger partial charge on any atom is -0.290 e. The predicted molar refractivity (Wildman–Crippen MR) is 73.9 cm³/mol. The van der Waals surface area contributed by atoms with Crippen LogP contribution in [0.15, 0.2) is 42.5 Å². The van der Waals surface area contributed by atoms with E-state index in [4.69, 9.17) is 0 Å². The summed E-state index contributed by atoms with van der Waals surface area (Å²) in [4.78, 5) is 2.62. The molecule has 1 heteroatoms. The lowest BCUT2D eigenvalue weighted by Crippen LogP contribution is -2.41. The molecule has 17 heavy (non-hydrogen) atoms. The normalized spacial score (nSPS) is 22.9. The van der Waals surface area contributed by atoms with Gasteiger partial charge in [-0.15, -0.1) is 0 Å². The van der Waals surface area contributed by atoms with Crippen molar-refractivity contribution in [3.63, 3.8) is 0 Å². The number of rotatable bonds is 3. The molecule has 0 saturated heterocycles. The van der Waals surface area contributed by atoms with Gasteiger partial charge in [-0.25, -0.2) is 0 Å². The Hall–Kier alpha value is -1.08. The molecule has 0 amide bonds. The molecular weight excluding hydrogens is 206 g/mol. The Morgan fingerprint density at radius 2 is 1.82 bits per heavy atom. The van der Waals surface area contributed by atoms with Crippen LogP contribution in [0, 0.1) is 5.92 Å². The lowest BCUT2D eigenvalue weighted by atomic mass is 9.95. The Morgan fingerprint density at radius 1 is 1.12 bits per heavy atom. The second-order valence-corrected chi connectivity index (χ2v) is 5.28. The van der Waals surface area contributed by atoms with Gasteiger partial charge in [0.2, 0.25) is 0 Å². The van der Waals surface area contributed by atoms with Gasteiger partial charge in [0.15, 0.2) is 0 Å². The van der Waals surface area contributed by atoms with E-state index in [2.05, 4.69) is 68.2 Å². The van der Waals surface area contributed by atoms with Crippen LogP contribution in [0.1, 0.15) is 38.8 Å². The number of hydrogen-bond acceptors (Lipinski definition) is 1. The van der Waals surface area contributed by atoms with Gasteiger partial charge in [0, 0.05) is 18.6 Å². The Labute approximate surface area is 105 Å². The van der Waals surface area contributed by atoms with Crippen LogP contribution in [-0.2, 0) is 0 Å². The van der Waals surface area contributed by atoms with Crippen molar-refractivity contribution >= 4 is 0 Å². The van der Waals surface area contributed by atoms with Crippen LogP contribution in [0.25, 0.3) is 0 Å². The predicted octanol–water partition coefficient (Wildman–Crippen LogP) is 4.03. The molecule has 2 atom stereocenters. The van der Waals surface area contributed by atoms with Crippen LogP contribution in [0.2, 0.25) is 0 Å². The summed E-state index contributed by atoms with van der Waals surface area (Å²) in [5.41, 5.74) is 1.42. The third-order valence-electron chi connectivity index (χ3n) is 3.73. The van der Waals surface area contributed by atoms with Crippen LogP contribution >= 0.6 is 0 Å². The first-order valence-corrected chi connectivity index (χ1v) is 6.67. The van der Waals surface area contributed by atoms with Gasteiger partial charge in [0.1, 0.15) is 0 Å². The minimum atomic E-state index is 0.508. The van der Waals surface area contributed by atoms with Crippen LogP contribution in [0.3, 0.4) is 0 Å². The summed E-state index contributed by atoms with van der Waals surface area (Å²) in [6.45, 7) is 8.12. The van der Waals surface area contributed by atoms with Crippen LogP contribution in [-0.4, -0.2) is 17.5 Å². The van der Waals surface area contributed by atoms with Crippen molar-refractivity contribution < 1.29 is 0 Å². The van der Waals surface area contributed by atoms with Crippen LogP contribution < -0.4 is 0 Å². The van der Waals surface area contributed by atoms with Gasteiger partial charge in [-0.2, -0.15) is 0 Å². The fraction of sp³-hybridized carbons (Fsp3) is 0.500. The molecule has 0 fully saturated rings. The maximum absolute atomic E-state index is 2.62. The molecule has 1 aliphatic heterocycles. The van der Waals surface area contributed by atoms with Crippen molar-refractivity contribution in [2.45, 2.75) is 39.3 Å². The summed E-state index contributed by atoms with van der Waals surface area (Å²) in [5.74, 6) is 0.678. The standard InChI is InChI=1S/C16H23N/c1-13(2)16-11-7-8-12-17(16)14(3)15-9-5-4-6-10-15/h4-7,9-11,13-14,16H,8,12H2,1-3H3/t14-,16-/m0/s1. The third kappa shape index (κ3) is 2.78. The summed E-state index contributed by atoms with van der Waals surface area (Å²) in [7, 11) is 0. The monoisotopic (exact) mass is 229 g/mol. The average Bonchev–Trinajstić information content (AvgIpc) is 2.39. The molecule has 1 nitrogen and oxygen atoms in total. The summed E-state index contributed by atoms with van der Waals surface area (Å²) in [6.07, 6.45) is 5.90. The van der Waals surface area contributed by atoms with Gasteiger partial charge >= 0.3 is 0 Å². The van der Waals surface area contributed by atoms with E-state index in [1.54, 1.807) is 0 Å². The fourth-order valence-electron chi connectivity index (χ4n) is 2.70. The minimum absolute atomic E-state index is 0.508. The van der Waals surface area contributed by atoms with Crippen molar-refractivity contribution in [2.24, 2.45) is 5.92 Å². The molecule has 2 rings (SSSR count). The highest BCUT2D eigenvalue weighted by atomic mass is 15.2. The van der Waals surface area contributed by atoms with E-state index in [0.717, 1.165) is 0 Å². The molecule has 92 valence electrons. The molecule has 0 spiro atoms. The number of nitrogens with zero attached hydrogens (tertiary/aromatic N) is 1. The average molecular weight is 229 g/mol. The van der Waals surface area contributed by atoms with Crippen molar-refractivity contribution in [1.29, 1.82) is 0 Å². The first-order chi connectivity index (χ1) is 8.20. The second kappa shape index (κ2) is 5.50. The van der Waals surface area contributed by atoms with Crippen molar-refractivity contribution in [3.8, 4) is 0 Å². The summed E-state index contributed by atoms with van der Waals surface area (Å²) in [5, 5.41) is 0. The molecule has 1 aromatic rings. The van der Waals surface area contributed by atoms with Crippen molar-refractivity contribution in [1.82, 2.24) is 4.90 Å². The van der Waals surface area contributed by atoms with Gasteiger partial charge < -0.3 is 0 Å². The molecule has 0 aromatic heterocycles. The Balaban J connectivity index is 2.18. The van der Waals surface area contributed by atoms with Gasteiger partial charge in [0.05, 0.1) is 0 Å². The quantitative estimate of drug-likeness (QED) is 0.707. The van der Waals surface area contributed by atoms with E-state index < -0.39 is 0 Å². The molecule has 1 heterocycles. The molecule has 1 aromatic carbocycles. The topological polar surface area (TPSA) is 3.24 Å². The smallest absolute Gasteiger partial charge is 0.0326 e. The van der Waals surface area contributed by atoms with Gasteiger partial charge in [-0.1, -0.05) is 56.3 Å². The summed E-state index contributed by atoms with van der Waals surface area (Å²) < 4.78 is 0. The van der Waals surface area contributed by atoms with Gasteiger partial charge in [-0.3, -0.25) is 4.90 Å². The second-order valence-electron chi connectivity index (χ2n) is 5.28. The zero-order valence-corrected chi connectivity index (χ0v) is 11.1. The van der Waals surface area contributed by atoms with E-state index >= 15 is 0 Å². The Bertz CT molecular complexity index is 366. The van der Waals surface area contributed by atoms with E-state index in [1.807, 2.05) is 0 Å². The highest BCUT2D eigenvalue weighted by molar-refractivity contribution is 5.19. The van der Waals surface area contributed by atoms with E-state index in [-0.39, 0.29) is 0 Å². The van der Waals surface area contributed by atoms with Crippen molar-refractivity contribution in [3.05, 3.63) is 48.0 Å². The lowest BCUT2D eigenvalue weighted by Gasteiger charge is -2.39. The molecule has 0 aliphatic carbocycles. The summed E-state index contributed by atoms with van der Waals surface area (Å²) >= 11 is 0. The molecule has 0 saturated carbocycles. The van der Waals surface area contributed by atoms with Crippen molar-refractivity contribution in [2.75, 3.05) is 6.54 Å². The first kappa shape index (κ1) is 12.4. The third-order valence-corrected chi connectivity index (χ3v) is 3.73. The van der Waals surface area contributed by atoms with Crippen LogP contribution in [0.5, 0.6) is 0 Å². The maximum Gasteiger partial charge on any atom is 0.0326 e.